The van der Waals surface area contributed by atoms with Gasteiger partial charge >= 0.3 is 0 Å². The highest BCUT2D eigenvalue weighted by atomic mass is 79.9. The molecule has 1 saturated heterocycles. The second-order valence-corrected chi connectivity index (χ2v) is 11.5. The summed E-state index contributed by atoms with van der Waals surface area (Å²) in [6, 6.07) is 10.2. The molecule has 1 aliphatic carbocycles. The van der Waals surface area contributed by atoms with Gasteiger partial charge in [0, 0.05) is 42.7 Å². The van der Waals surface area contributed by atoms with E-state index in [1.54, 1.807) is 0 Å². The molecule has 5 rings (SSSR count). The smallest absolute Gasteiger partial charge is 0.224 e. The maximum atomic E-state index is 13.3. The van der Waals surface area contributed by atoms with E-state index in [4.69, 9.17) is 0 Å². The number of aromatic nitrogens is 1. The lowest BCUT2D eigenvalue weighted by Crippen LogP contribution is -2.53. The molecule has 1 aliphatic heterocycles. The van der Waals surface area contributed by atoms with E-state index in [0.717, 1.165) is 18.4 Å². The number of aliphatic hydroxyl groups excluding tert-OH is 1. The number of benzene rings is 2. The molecule has 34 heavy (non-hydrogen) atoms. The standard InChI is InChI=1S/C26H29Br2N3O3/c1-30-11-15-10-23-19(18-4-3-5-22(30)24(15)18)9-16(12-31(23)2)26(34)29-17(13-32)6-14-7-20(27)25(33)21(28)8-14/h3-5,7-8,11,16-17,19,23,32-33H,6,9-10,12-13H2,1-2H3,(H,29,34)/t16?,17?,19-,23?/m1/s1. The number of phenolic OH excluding ortho intramolecular Hbond substituents is 1. The number of aliphatic hydroxyl groups is 1. The third-order valence-corrected chi connectivity index (χ3v) is 8.74. The molecule has 1 fully saturated rings. The Balaban J connectivity index is 1.34. The zero-order valence-electron chi connectivity index (χ0n) is 19.3. The highest BCUT2D eigenvalue weighted by Crippen LogP contribution is 2.44. The van der Waals surface area contributed by atoms with Crippen molar-refractivity contribution in [2.75, 3.05) is 20.2 Å². The summed E-state index contributed by atoms with van der Waals surface area (Å²) in [5.41, 5.74) is 4.92. The lowest BCUT2D eigenvalue weighted by Gasteiger charge is -2.45. The minimum absolute atomic E-state index is 0.00714. The molecular weight excluding hydrogens is 562 g/mol. The highest BCUT2D eigenvalue weighted by Gasteiger charge is 2.41. The van der Waals surface area contributed by atoms with E-state index in [9.17, 15) is 15.0 Å². The number of aromatic hydroxyl groups is 1. The van der Waals surface area contributed by atoms with Crippen LogP contribution in [-0.4, -0.2) is 57.9 Å². The van der Waals surface area contributed by atoms with Crippen LogP contribution < -0.4 is 5.32 Å². The fourth-order valence-corrected chi connectivity index (χ4v) is 7.19. The summed E-state index contributed by atoms with van der Waals surface area (Å²) in [6.07, 6.45) is 4.54. The highest BCUT2D eigenvalue weighted by molar-refractivity contribution is 9.11. The molecule has 0 radical (unpaired) electrons. The maximum Gasteiger partial charge on any atom is 0.224 e. The predicted octanol–water partition coefficient (Wildman–Crippen LogP) is 4.09. The van der Waals surface area contributed by atoms with E-state index in [2.05, 4.69) is 85.1 Å². The van der Waals surface area contributed by atoms with Crippen molar-refractivity contribution in [3.63, 3.8) is 0 Å². The number of carbonyl (C=O) groups excluding carboxylic acids is 1. The van der Waals surface area contributed by atoms with E-state index in [-0.39, 0.29) is 24.2 Å². The van der Waals surface area contributed by atoms with Crippen LogP contribution in [0.1, 0.15) is 29.0 Å². The van der Waals surface area contributed by atoms with Crippen molar-refractivity contribution in [1.82, 2.24) is 14.8 Å². The monoisotopic (exact) mass is 589 g/mol. The van der Waals surface area contributed by atoms with E-state index in [1.807, 2.05) is 12.1 Å². The molecular formula is C26H29Br2N3O3. The quantitative estimate of drug-likeness (QED) is 0.418. The molecule has 1 aromatic heterocycles. The number of hydrogen-bond acceptors (Lipinski definition) is 4. The van der Waals surface area contributed by atoms with Crippen molar-refractivity contribution in [3.05, 3.63) is 62.2 Å². The van der Waals surface area contributed by atoms with E-state index in [0.29, 0.717) is 33.9 Å². The fraction of sp³-hybridized carbons (Fsp3) is 0.423. The number of phenols is 1. The molecule has 180 valence electrons. The van der Waals surface area contributed by atoms with Crippen molar-refractivity contribution in [2.45, 2.75) is 37.3 Å². The zero-order valence-corrected chi connectivity index (χ0v) is 22.4. The molecule has 0 bridgehead atoms. The normalized spacial score (nSPS) is 23.0. The maximum absolute atomic E-state index is 13.3. The van der Waals surface area contributed by atoms with Gasteiger partial charge in [0.15, 0.2) is 0 Å². The summed E-state index contributed by atoms with van der Waals surface area (Å²) in [7, 11) is 4.23. The summed E-state index contributed by atoms with van der Waals surface area (Å²) in [4.78, 5) is 15.7. The summed E-state index contributed by atoms with van der Waals surface area (Å²) >= 11 is 6.70. The fourth-order valence-electron chi connectivity index (χ4n) is 5.91. The number of halogens is 2. The van der Waals surface area contributed by atoms with Crippen LogP contribution in [0.5, 0.6) is 5.75 Å². The molecule has 4 atom stereocenters. The number of nitrogens with zero attached hydrogens (tertiary/aromatic N) is 2. The number of carbonyl (C=O) groups is 1. The summed E-state index contributed by atoms with van der Waals surface area (Å²) in [5.74, 6) is 0.299. The van der Waals surface area contributed by atoms with Crippen LogP contribution in [0.25, 0.3) is 10.9 Å². The van der Waals surface area contributed by atoms with Gasteiger partial charge in [0.25, 0.3) is 0 Å². The molecule has 2 heterocycles. The lowest BCUT2D eigenvalue weighted by molar-refractivity contribution is -0.128. The molecule has 2 aromatic carbocycles. The molecule has 6 nitrogen and oxygen atoms in total. The average molecular weight is 591 g/mol. The first-order chi connectivity index (χ1) is 16.3. The Morgan fingerprint density at radius 3 is 2.68 bits per heavy atom. The van der Waals surface area contributed by atoms with Crippen molar-refractivity contribution in [3.8, 4) is 5.75 Å². The van der Waals surface area contributed by atoms with Crippen LogP contribution in [-0.2, 0) is 24.7 Å². The second kappa shape index (κ2) is 9.30. The number of aryl methyl sites for hydroxylation is 1. The minimum Gasteiger partial charge on any atom is -0.506 e. The number of likely N-dealkylation sites (N-methyl/N-ethyl adjacent to an activating group) is 1. The zero-order chi connectivity index (χ0) is 24.1. The first-order valence-electron chi connectivity index (χ1n) is 11.6. The van der Waals surface area contributed by atoms with Crippen LogP contribution >= 0.6 is 31.9 Å². The minimum atomic E-state index is -0.394. The van der Waals surface area contributed by atoms with Gasteiger partial charge in [-0.3, -0.25) is 4.79 Å². The van der Waals surface area contributed by atoms with Gasteiger partial charge in [-0.2, -0.15) is 0 Å². The first kappa shape index (κ1) is 23.9. The van der Waals surface area contributed by atoms with Crippen LogP contribution in [0.4, 0.5) is 0 Å². The number of likely N-dealkylation sites (tertiary alicyclic amines) is 1. The molecule has 1 amide bonds. The van der Waals surface area contributed by atoms with Gasteiger partial charge in [0.1, 0.15) is 5.75 Å². The number of rotatable bonds is 5. The number of nitrogens with one attached hydrogen (secondary N) is 1. The van der Waals surface area contributed by atoms with Crippen LogP contribution in [0.15, 0.2) is 45.5 Å². The molecule has 2 aliphatic rings. The number of piperidine rings is 1. The third-order valence-electron chi connectivity index (χ3n) is 7.53. The Bertz CT molecular complexity index is 1230. The Morgan fingerprint density at radius 1 is 1.24 bits per heavy atom. The molecule has 8 heteroatoms. The predicted molar refractivity (Wildman–Crippen MR) is 140 cm³/mol. The van der Waals surface area contributed by atoms with Gasteiger partial charge in [-0.1, -0.05) is 12.1 Å². The number of fused-ring (bicyclic) bond motifs is 2. The summed E-state index contributed by atoms with van der Waals surface area (Å²) < 4.78 is 3.36. The number of amides is 1. The Hall–Kier alpha value is -1.87. The average Bonchev–Trinajstić information content (AvgIpc) is 3.14. The Labute approximate surface area is 216 Å². The summed E-state index contributed by atoms with van der Waals surface area (Å²) in [5, 5.41) is 24.4. The third kappa shape index (κ3) is 4.19. The van der Waals surface area contributed by atoms with Gasteiger partial charge < -0.3 is 25.0 Å². The molecule has 0 saturated carbocycles. The largest absolute Gasteiger partial charge is 0.506 e. The first-order valence-corrected chi connectivity index (χ1v) is 13.2. The Kier molecular flexibility index (Phi) is 6.52. The molecule has 0 spiro atoms. The van der Waals surface area contributed by atoms with Crippen molar-refractivity contribution in [1.29, 1.82) is 0 Å². The molecule has 3 N–H and O–H groups in total. The van der Waals surface area contributed by atoms with E-state index < -0.39 is 6.04 Å². The molecule has 3 unspecified atom stereocenters. The van der Waals surface area contributed by atoms with Crippen LogP contribution in [0, 0.1) is 5.92 Å². The van der Waals surface area contributed by atoms with Gasteiger partial charge in [-0.05, 0) is 93.1 Å². The topological polar surface area (TPSA) is 77.7 Å². The van der Waals surface area contributed by atoms with Crippen molar-refractivity contribution < 1.29 is 15.0 Å². The van der Waals surface area contributed by atoms with Crippen molar-refractivity contribution in [2.24, 2.45) is 13.0 Å². The summed E-state index contributed by atoms with van der Waals surface area (Å²) in [6.45, 7) is 0.558. The van der Waals surface area contributed by atoms with E-state index in [1.165, 1.54) is 22.0 Å². The van der Waals surface area contributed by atoms with Gasteiger partial charge in [-0.25, -0.2) is 0 Å². The van der Waals surface area contributed by atoms with Crippen LogP contribution in [0.3, 0.4) is 0 Å². The van der Waals surface area contributed by atoms with Crippen molar-refractivity contribution >= 4 is 48.7 Å². The van der Waals surface area contributed by atoms with Gasteiger partial charge in [-0.15, -0.1) is 0 Å². The van der Waals surface area contributed by atoms with E-state index >= 15 is 0 Å². The molecule has 3 aromatic rings. The second-order valence-electron chi connectivity index (χ2n) is 9.76. The van der Waals surface area contributed by atoms with Crippen LogP contribution in [0.2, 0.25) is 0 Å². The lowest BCUT2D eigenvalue weighted by atomic mass is 9.72. The SMILES string of the molecule is CN1CC(C(=O)NC(CO)Cc2cc(Br)c(O)c(Br)c2)C[C@@H]2c3cccc4c3c(cn4C)CC21. The Morgan fingerprint density at radius 2 is 1.97 bits per heavy atom. The van der Waals surface area contributed by atoms with Gasteiger partial charge in [0.2, 0.25) is 5.91 Å². The number of hydrogen-bond donors (Lipinski definition) is 3. The van der Waals surface area contributed by atoms with Gasteiger partial charge in [0.05, 0.1) is 27.5 Å².